The number of phenols is 1. The number of carbonyl (C=O) groups is 1. The van der Waals surface area contributed by atoms with Gasteiger partial charge in [-0.2, -0.15) is 0 Å². The second kappa shape index (κ2) is 6.06. The van der Waals surface area contributed by atoms with Gasteiger partial charge in [0.2, 0.25) is 5.91 Å². The van der Waals surface area contributed by atoms with Crippen molar-refractivity contribution in [2.75, 3.05) is 13.7 Å². The maximum Gasteiger partial charge on any atom is 0.222 e. The van der Waals surface area contributed by atoms with Gasteiger partial charge >= 0.3 is 0 Å². The minimum atomic E-state index is 0.116. The number of hydrogen-bond acceptors (Lipinski definition) is 3. The normalized spacial score (nSPS) is 16.0. The second-order valence-corrected chi connectivity index (χ2v) is 5.10. The number of amides is 1. The minimum Gasteiger partial charge on any atom is -0.508 e. The Morgan fingerprint density at radius 2 is 2.26 bits per heavy atom. The lowest BCUT2D eigenvalue weighted by Gasteiger charge is -2.29. The first-order chi connectivity index (χ1) is 9.10. The average Bonchev–Trinajstić information content (AvgIpc) is 2.43. The molecule has 0 radical (unpaired) electrons. The van der Waals surface area contributed by atoms with Crippen LogP contribution in [0.1, 0.15) is 30.9 Å². The minimum absolute atomic E-state index is 0.116. The van der Waals surface area contributed by atoms with Crippen molar-refractivity contribution >= 4 is 5.91 Å². The van der Waals surface area contributed by atoms with E-state index in [-0.39, 0.29) is 17.8 Å². The van der Waals surface area contributed by atoms with Gasteiger partial charge < -0.3 is 14.7 Å². The van der Waals surface area contributed by atoms with Crippen LogP contribution in [-0.2, 0) is 22.5 Å². The Hall–Kier alpha value is -1.55. The van der Waals surface area contributed by atoms with Crippen molar-refractivity contribution in [3.8, 4) is 5.75 Å². The fourth-order valence-electron chi connectivity index (χ4n) is 2.36. The summed E-state index contributed by atoms with van der Waals surface area (Å²) in [7, 11) is 1.66. The summed E-state index contributed by atoms with van der Waals surface area (Å²) in [4.78, 5) is 14.0. The lowest BCUT2D eigenvalue weighted by Crippen LogP contribution is -2.36. The SMILES string of the molecule is COC(C)CCC(=O)N1CCc2ccc(O)cc2C1. The van der Waals surface area contributed by atoms with Crippen LogP contribution in [0.2, 0.25) is 0 Å². The van der Waals surface area contributed by atoms with E-state index in [1.165, 1.54) is 5.56 Å². The molecule has 1 amide bonds. The number of methoxy groups -OCH3 is 1. The molecule has 19 heavy (non-hydrogen) atoms. The average molecular weight is 263 g/mol. The topological polar surface area (TPSA) is 49.8 Å². The summed E-state index contributed by atoms with van der Waals surface area (Å²) in [6, 6.07) is 5.41. The first kappa shape index (κ1) is 13.9. The van der Waals surface area contributed by atoms with Crippen LogP contribution in [0.4, 0.5) is 0 Å². The summed E-state index contributed by atoms with van der Waals surface area (Å²) in [6.45, 7) is 3.33. The van der Waals surface area contributed by atoms with Crippen molar-refractivity contribution in [3.05, 3.63) is 29.3 Å². The number of hydrogen-bond donors (Lipinski definition) is 1. The predicted molar refractivity (Wildman–Crippen MR) is 72.9 cm³/mol. The third-order valence-electron chi connectivity index (χ3n) is 3.72. The molecule has 1 aromatic carbocycles. The Morgan fingerprint density at radius 1 is 1.47 bits per heavy atom. The molecule has 1 aliphatic heterocycles. The van der Waals surface area contributed by atoms with E-state index in [1.807, 2.05) is 17.9 Å². The van der Waals surface area contributed by atoms with Gasteiger partial charge in [0.05, 0.1) is 6.10 Å². The first-order valence-electron chi connectivity index (χ1n) is 6.71. The van der Waals surface area contributed by atoms with Crippen LogP contribution in [0.25, 0.3) is 0 Å². The van der Waals surface area contributed by atoms with E-state index in [2.05, 4.69) is 0 Å². The third-order valence-corrected chi connectivity index (χ3v) is 3.72. The van der Waals surface area contributed by atoms with Gasteiger partial charge in [-0.05, 0) is 43.0 Å². The highest BCUT2D eigenvalue weighted by molar-refractivity contribution is 5.76. The Balaban J connectivity index is 1.95. The highest BCUT2D eigenvalue weighted by Crippen LogP contribution is 2.23. The number of carbonyl (C=O) groups excluding carboxylic acids is 1. The van der Waals surface area contributed by atoms with Crippen LogP contribution in [0, 0.1) is 0 Å². The smallest absolute Gasteiger partial charge is 0.222 e. The molecule has 1 unspecified atom stereocenters. The molecule has 104 valence electrons. The van der Waals surface area contributed by atoms with Gasteiger partial charge in [0.1, 0.15) is 5.75 Å². The van der Waals surface area contributed by atoms with Crippen molar-refractivity contribution < 1.29 is 14.6 Å². The van der Waals surface area contributed by atoms with Gasteiger partial charge in [-0.3, -0.25) is 4.79 Å². The number of ether oxygens (including phenoxy) is 1. The van der Waals surface area contributed by atoms with E-state index in [4.69, 9.17) is 4.74 Å². The number of aromatic hydroxyl groups is 1. The van der Waals surface area contributed by atoms with Gasteiger partial charge in [-0.15, -0.1) is 0 Å². The molecular weight excluding hydrogens is 242 g/mol. The van der Waals surface area contributed by atoms with E-state index >= 15 is 0 Å². The zero-order valence-electron chi connectivity index (χ0n) is 11.6. The summed E-state index contributed by atoms with van der Waals surface area (Å²) in [5.74, 6) is 0.430. The van der Waals surface area contributed by atoms with Crippen molar-refractivity contribution in [1.82, 2.24) is 4.90 Å². The van der Waals surface area contributed by atoms with Crippen molar-refractivity contribution in [2.24, 2.45) is 0 Å². The van der Waals surface area contributed by atoms with Crippen LogP contribution < -0.4 is 0 Å². The largest absolute Gasteiger partial charge is 0.508 e. The summed E-state index contributed by atoms with van der Waals surface area (Å²) >= 11 is 0. The first-order valence-corrected chi connectivity index (χ1v) is 6.71. The summed E-state index contributed by atoms with van der Waals surface area (Å²) in [6.07, 6.45) is 2.24. The van der Waals surface area contributed by atoms with Gasteiger partial charge in [-0.1, -0.05) is 6.07 Å². The Bertz CT molecular complexity index is 459. The maximum atomic E-state index is 12.1. The summed E-state index contributed by atoms with van der Waals surface area (Å²) in [5.41, 5.74) is 2.28. The molecule has 1 aromatic rings. The number of nitrogens with zero attached hydrogens (tertiary/aromatic N) is 1. The number of rotatable bonds is 4. The molecule has 0 aliphatic carbocycles. The van der Waals surface area contributed by atoms with E-state index in [0.29, 0.717) is 13.0 Å². The number of benzene rings is 1. The zero-order chi connectivity index (χ0) is 13.8. The van der Waals surface area contributed by atoms with Gasteiger partial charge in [0, 0.05) is 26.6 Å². The summed E-state index contributed by atoms with van der Waals surface area (Å²) < 4.78 is 5.16. The fourth-order valence-corrected chi connectivity index (χ4v) is 2.36. The second-order valence-electron chi connectivity index (χ2n) is 5.10. The molecule has 4 heteroatoms. The van der Waals surface area contributed by atoms with E-state index in [0.717, 1.165) is 24.9 Å². The highest BCUT2D eigenvalue weighted by Gasteiger charge is 2.21. The molecule has 1 N–H and O–H groups in total. The molecule has 0 spiro atoms. The lowest BCUT2D eigenvalue weighted by molar-refractivity contribution is -0.132. The van der Waals surface area contributed by atoms with Crippen LogP contribution in [0.15, 0.2) is 18.2 Å². The fraction of sp³-hybridized carbons (Fsp3) is 0.533. The Kier molecular flexibility index (Phi) is 4.43. The van der Waals surface area contributed by atoms with Gasteiger partial charge in [-0.25, -0.2) is 0 Å². The summed E-state index contributed by atoms with van der Waals surface area (Å²) in [5, 5.41) is 9.50. The molecule has 0 saturated carbocycles. The van der Waals surface area contributed by atoms with Crippen LogP contribution in [-0.4, -0.2) is 35.7 Å². The molecule has 0 saturated heterocycles. The molecule has 2 rings (SSSR count). The molecule has 0 aromatic heterocycles. The van der Waals surface area contributed by atoms with Crippen molar-refractivity contribution in [3.63, 3.8) is 0 Å². The molecule has 1 heterocycles. The number of phenolic OH excluding ortho intramolecular Hbond substituents is 1. The molecule has 0 bridgehead atoms. The van der Waals surface area contributed by atoms with E-state index in [9.17, 15) is 9.90 Å². The van der Waals surface area contributed by atoms with Gasteiger partial charge in [0.25, 0.3) is 0 Å². The monoisotopic (exact) mass is 263 g/mol. The molecule has 4 nitrogen and oxygen atoms in total. The van der Waals surface area contributed by atoms with Crippen molar-refractivity contribution in [2.45, 2.75) is 38.8 Å². The molecular formula is C15H21NO3. The van der Waals surface area contributed by atoms with E-state index < -0.39 is 0 Å². The quantitative estimate of drug-likeness (QED) is 0.905. The van der Waals surface area contributed by atoms with Crippen LogP contribution in [0.3, 0.4) is 0 Å². The number of fused-ring (bicyclic) bond motifs is 1. The maximum absolute atomic E-state index is 12.1. The van der Waals surface area contributed by atoms with Crippen LogP contribution >= 0.6 is 0 Å². The van der Waals surface area contributed by atoms with E-state index in [1.54, 1.807) is 19.2 Å². The van der Waals surface area contributed by atoms with Crippen molar-refractivity contribution in [1.29, 1.82) is 0 Å². The van der Waals surface area contributed by atoms with Crippen LogP contribution in [0.5, 0.6) is 5.75 Å². The Labute approximate surface area is 114 Å². The predicted octanol–water partition coefficient (Wildman–Crippen LogP) is 2.09. The highest BCUT2D eigenvalue weighted by atomic mass is 16.5. The molecule has 1 aliphatic rings. The third kappa shape index (κ3) is 3.47. The lowest BCUT2D eigenvalue weighted by atomic mass is 9.99. The standard InChI is InChI=1S/C15H21NO3/c1-11(19-2)3-6-15(18)16-8-7-12-4-5-14(17)9-13(12)10-16/h4-5,9,11,17H,3,6-8,10H2,1-2H3. The Morgan fingerprint density at radius 3 is 3.00 bits per heavy atom. The van der Waals surface area contributed by atoms with Gasteiger partial charge in [0.15, 0.2) is 0 Å². The molecule has 0 fully saturated rings. The molecule has 1 atom stereocenters. The zero-order valence-corrected chi connectivity index (χ0v) is 11.6.